The maximum atomic E-state index is 12.3. The van der Waals surface area contributed by atoms with E-state index in [2.05, 4.69) is 15.6 Å². The number of methoxy groups -OCH3 is 1. The Kier molecular flexibility index (Phi) is 4.87. The van der Waals surface area contributed by atoms with E-state index in [4.69, 9.17) is 4.74 Å². The molecule has 1 aliphatic rings. The van der Waals surface area contributed by atoms with E-state index in [0.29, 0.717) is 11.7 Å². The van der Waals surface area contributed by atoms with Crippen molar-refractivity contribution in [3.8, 4) is 5.75 Å². The first kappa shape index (κ1) is 18.2. The van der Waals surface area contributed by atoms with E-state index >= 15 is 0 Å². The van der Waals surface area contributed by atoms with Crippen molar-refractivity contribution in [1.82, 2.24) is 10.3 Å². The normalized spacial score (nSPS) is 16.4. The van der Waals surface area contributed by atoms with Crippen molar-refractivity contribution in [2.45, 2.75) is 19.4 Å². The van der Waals surface area contributed by atoms with Gasteiger partial charge in [0, 0.05) is 18.7 Å². The molecule has 3 aromatic rings. The van der Waals surface area contributed by atoms with Crippen molar-refractivity contribution in [3.63, 3.8) is 0 Å². The van der Waals surface area contributed by atoms with Gasteiger partial charge < -0.3 is 15.0 Å². The third-order valence-electron chi connectivity index (χ3n) is 4.61. The minimum atomic E-state index is -0.356. The molecule has 0 spiro atoms. The molecular weight excluding hydrogens is 376 g/mol. The zero-order valence-corrected chi connectivity index (χ0v) is 16.4. The van der Waals surface area contributed by atoms with Gasteiger partial charge in [-0.1, -0.05) is 17.4 Å². The number of hydrogen-bond acceptors (Lipinski definition) is 5. The molecule has 0 unspecified atom stereocenters. The van der Waals surface area contributed by atoms with Gasteiger partial charge in [0.25, 0.3) is 0 Å². The summed E-state index contributed by atoms with van der Waals surface area (Å²) in [6.07, 6.45) is 0.262. The van der Waals surface area contributed by atoms with Gasteiger partial charge in [-0.25, -0.2) is 9.78 Å². The number of amides is 3. The number of nitrogens with zero attached hydrogens (tertiary/aromatic N) is 2. The topological polar surface area (TPSA) is 83.6 Å². The fourth-order valence-electron chi connectivity index (χ4n) is 3.22. The van der Waals surface area contributed by atoms with E-state index < -0.39 is 0 Å². The van der Waals surface area contributed by atoms with Gasteiger partial charge in [-0.05, 0) is 48.9 Å². The van der Waals surface area contributed by atoms with Crippen LogP contribution < -0.4 is 20.3 Å². The number of fused-ring (bicyclic) bond motifs is 1. The van der Waals surface area contributed by atoms with Gasteiger partial charge >= 0.3 is 6.03 Å². The zero-order valence-electron chi connectivity index (χ0n) is 15.6. The number of carbonyl (C=O) groups excluding carboxylic acids is 2. The smallest absolute Gasteiger partial charge is 0.321 e. The second kappa shape index (κ2) is 7.47. The molecule has 1 fully saturated rings. The largest absolute Gasteiger partial charge is 0.497 e. The highest BCUT2D eigenvalue weighted by Crippen LogP contribution is 2.27. The van der Waals surface area contributed by atoms with Crippen LogP contribution >= 0.6 is 11.3 Å². The molecule has 144 valence electrons. The van der Waals surface area contributed by atoms with E-state index in [1.165, 1.54) is 11.3 Å². The highest BCUT2D eigenvalue weighted by Gasteiger charge is 2.31. The van der Waals surface area contributed by atoms with Crippen LogP contribution in [-0.4, -0.2) is 36.6 Å². The average molecular weight is 396 g/mol. The average Bonchev–Trinajstić information content (AvgIpc) is 3.23. The molecule has 0 saturated carbocycles. The summed E-state index contributed by atoms with van der Waals surface area (Å²) in [5, 5.41) is 6.17. The van der Waals surface area contributed by atoms with Crippen LogP contribution in [0.4, 0.5) is 15.6 Å². The van der Waals surface area contributed by atoms with Gasteiger partial charge in [-0.15, -0.1) is 0 Å². The van der Waals surface area contributed by atoms with Gasteiger partial charge in [0.1, 0.15) is 5.75 Å². The maximum Gasteiger partial charge on any atom is 0.321 e. The van der Waals surface area contributed by atoms with Crippen LogP contribution in [0.25, 0.3) is 10.2 Å². The molecule has 1 aliphatic heterocycles. The molecule has 1 saturated heterocycles. The zero-order chi connectivity index (χ0) is 19.7. The Morgan fingerprint density at radius 3 is 2.79 bits per heavy atom. The summed E-state index contributed by atoms with van der Waals surface area (Å²) in [4.78, 5) is 30.8. The van der Waals surface area contributed by atoms with Crippen LogP contribution in [0.1, 0.15) is 12.0 Å². The van der Waals surface area contributed by atoms with Gasteiger partial charge in [0.2, 0.25) is 5.91 Å². The van der Waals surface area contributed by atoms with Crippen LogP contribution in [0.2, 0.25) is 0 Å². The predicted molar refractivity (Wildman–Crippen MR) is 110 cm³/mol. The summed E-state index contributed by atoms with van der Waals surface area (Å²) in [5.41, 5.74) is 2.79. The van der Waals surface area contributed by atoms with Crippen LogP contribution in [-0.2, 0) is 4.79 Å². The number of hydrogen-bond donors (Lipinski definition) is 2. The number of rotatable bonds is 4. The molecule has 2 N–H and O–H groups in total. The quantitative estimate of drug-likeness (QED) is 0.707. The van der Waals surface area contributed by atoms with Crippen molar-refractivity contribution < 1.29 is 14.3 Å². The Balaban J connectivity index is 1.38. The molecule has 2 heterocycles. The lowest BCUT2D eigenvalue weighted by atomic mass is 10.2. The molecule has 7 nitrogen and oxygen atoms in total. The second-order valence-corrected chi connectivity index (χ2v) is 7.72. The standard InChI is InChI=1S/C20H20N4O3S/c1-12-3-8-16-17(9-12)28-20(22-16)23-19(26)21-13-10-18(25)24(11-13)14-4-6-15(27-2)7-5-14/h3-9,13H,10-11H2,1-2H3,(H2,21,22,23,26)/t13-/m0/s1. The Bertz CT molecular complexity index is 1030. The molecule has 1 atom stereocenters. The van der Waals surface area contributed by atoms with Gasteiger partial charge in [-0.3, -0.25) is 10.1 Å². The first-order chi connectivity index (χ1) is 13.5. The number of urea groups is 1. The highest BCUT2D eigenvalue weighted by molar-refractivity contribution is 7.22. The minimum absolute atomic E-state index is 0.0223. The lowest BCUT2D eigenvalue weighted by molar-refractivity contribution is -0.117. The van der Waals surface area contributed by atoms with E-state index in [9.17, 15) is 9.59 Å². The molecule has 28 heavy (non-hydrogen) atoms. The monoisotopic (exact) mass is 396 g/mol. The Morgan fingerprint density at radius 1 is 1.25 bits per heavy atom. The van der Waals surface area contributed by atoms with E-state index in [0.717, 1.165) is 27.2 Å². The first-order valence-corrected chi connectivity index (χ1v) is 9.72. The van der Waals surface area contributed by atoms with Gasteiger partial charge in [0.15, 0.2) is 5.13 Å². The third kappa shape index (κ3) is 3.77. The molecule has 0 aliphatic carbocycles. The lowest BCUT2D eigenvalue weighted by Crippen LogP contribution is -2.39. The van der Waals surface area contributed by atoms with Crippen molar-refractivity contribution in [3.05, 3.63) is 48.0 Å². The van der Waals surface area contributed by atoms with Crippen LogP contribution in [0.5, 0.6) is 5.75 Å². The number of benzene rings is 2. The lowest BCUT2D eigenvalue weighted by Gasteiger charge is -2.17. The second-order valence-electron chi connectivity index (χ2n) is 6.69. The number of anilines is 2. The Morgan fingerprint density at radius 2 is 2.04 bits per heavy atom. The predicted octanol–water partition coefficient (Wildman–Crippen LogP) is 3.54. The summed E-state index contributed by atoms with van der Waals surface area (Å²) in [5.74, 6) is 0.710. The van der Waals surface area contributed by atoms with E-state index in [1.807, 2.05) is 49.4 Å². The molecule has 0 bridgehead atoms. The molecule has 3 amide bonds. The van der Waals surface area contributed by atoms with Crippen LogP contribution in [0.15, 0.2) is 42.5 Å². The van der Waals surface area contributed by atoms with Crippen LogP contribution in [0.3, 0.4) is 0 Å². The fourth-order valence-corrected chi connectivity index (χ4v) is 4.18. The summed E-state index contributed by atoms with van der Waals surface area (Å²) in [6.45, 7) is 2.45. The highest BCUT2D eigenvalue weighted by atomic mass is 32.1. The number of thiazole rings is 1. The summed E-state index contributed by atoms with van der Waals surface area (Å²) in [6, 6.07) is 12.6. The van der Waals surface area contributed by atoms with Gasteiger partial charge in [-0.2, -0.15) is 0 Å². The van der Waals surface area contributed by atoms with Crippen LogP contribution in [0, 0.1) is 6.92 Å². The number of aryl methyl sites for hydroxylation is 1. The van der Waals surface area contributed by atoms with E-state index in [1.54, 1.807) is 12.0 Å². The molecule has 1 aromatic heterocycles. The van der Waals surface area contributed by atoms with Crippen molar-refractivity contribution in [2.75, 3.05) is 23.9 Å². The first-order valence-electron chi connectivity index (χ1n) is 8.91. The molecule has 4 rings (SSSR count). The summed E-state index contributed by atoms with van der Waals surface area (Å²) in [7, 11) is 1.60. The summed E-state index contributed by atoms with van der Waals surface area (Å²) >= 11 is 1.43. The Labute approximate surface area is 166 Å². The Hall–Kier alpha value is -3.13. The van der Waals surface area contributed by atoms with Crippen molar-refractivity contribution in [2.24, 2.45) is 0 Å². The molecule has 2 aromatic carbocycles. The van der Waals surface area contributed by atoms with E-state index in [-0.39, 0.29) is 24.4 Å². The molecule has 0 radical (unpaired) electrons. The summed E-state index contributed by atoms with van der Waals surface area (Å²) < 4.78 is 6.17. The number of aromatic nitrogens is 1. The third-order valence-corrected chi connectivity index (χ3v) is 5.54. The number of carbonyl (C=O) groups is 2. The van der Waals surface area contributed by atoms with Crippen molar-refractivity contribution in [1.29, 1.82) is 0 Å². The minimum Gasteiger partial charge on any atom is -0.497 e. The molecular formula is C20H20N4O3S. The number of nitrogens with one attached hydrogen (secondary N) is 2. The SMILES string of the molecule is COc1ccc(N2C[C@@H](NC(=O)Nc3nc4ccc(C)cc4s3)CC2=O)cc1. The molecule has 8 heteroatoms. The van der Waals surface area contributed by atoms with Gasteiger partial charge in [0.05, 0.1) is 23.4 Å². The number of ether oxygens (including phenoxy) is 1. The van der Waals surface area contributed by atoms with Crippen molar-refractivity contribution >= 4 is 44.3 Å². The fraction of sp³-hybridized carbons (Fsp3) is 0.250. The maximum absolute atomic E-state index is 12.3.